The van der Waals surface area contributed by atoms with Crippen molar-refractivity contribution in [1.29, 1.82) is 0 Å². The smallest absolute Gasteiger partial charge is 0.200 e. The second-order valence-corrected chi connectivity index (χ2v) is 3.70. The van der Waals surface area contributed by atoms with Crippen LogP contribution in [0.25, 0.3) is 11.1 Å². The van der Waals surface area contributed by atoms with Crippen LogP contribution < -0.4 is 0 Å². The predicted molar refractivity (Wildman–Crippen MR) is 51.5 cm³/mol. The van der Waals surface area contributed by atoms with E-state index in [9.17, 15) is 35.1 Å². The number of hydrogen-bond donors (Lipinski definition) is 0. The van der Waals surface area contributed by atoms with Gasteiger partial charge in [0.25, 0.3) is 0 Å². The van der Waals surface area contributed by atoms with E-state index in [1.807, 2.05) is 0 Å². The Kier molecular flexibility index (Phi) is 3.41. The van der Waals surface area contributed by atoms with Gasteiger partial charge in [-0.05, 0) is 17.7 Å². The molecule has 2 aromatic rings. The molecule has 0 aliphatic carbocycles. The standard InChI is InChI=1S/C12H2F8/c13-4-1-3(2-5(14)7(4)15)6-8(16)10(18)12(20)11(19)9(6)17/h1-2H. The monoisotopic (exact) mass is 298 g/mol. The van der Waals surface area contributed by atoms with Crippen molar-refractivity contribution < 1.29 is 35.1 Å². The lowest BCUT2D eigenvalue weighted by atomic mass is 10.0. The van der Waals surface area contributed by atoms with Gasteiger partial charge in [-0.2, -0.15) is 0 Å². The summed E-state index contributed by atoms with van der Waals surface area (Å²) < 4.78 is 104. The number of benzene rings is 2. The van der Waals surface area contributed by atoms with Crippen LogP contribution in [-0.2, 0) is 0 Å². The third-order valence-corrected chi connectivity index (χ3v) is 2.48. The molecule has 0 bridgehead atoms. The summed E-state index contributed by atoms with van der Waals surface area (Å²) in [6, 6.07) is 0.243. The summed E-state index contributed by atoms with van der Waals surface area (Å²) >= 11 is 0. The largest absolute Gasteiger partial charge is 0.204 e. The van der Waals surface area contributed by atoms with Gasteiger partial charge in [0.05, 0.1) is 5.56 Å². The quantitative estimate of drug-likeness (QED) is 0.414. The lowest BCUT2D eigenvalue weighted by Gasteiger charge is -2.09. The van der Waals surface area contributed by atoms with Crippen LogP contribution in [0.1, 0.15) is 0 Å². The minimum atomic E-state index is -2.41. The van der Waals surface area contributed by atoms with Crippen LogP contribution in [0.3, 0.4) is 0 Å². The Bertz CT molecular complexity index is 655. The highest BCUT2D eigenvalue weighted by atomic mass is 19.2. The van der Waals surface area contributed by atoms with Gasteiger partial charge in [0, 0.05) is 0 Å². The van der Waals surface area contributed by atoms with E-state index in [2.05, 4.69) is 0 Å². The maximum atomic E-state index is 13.4. The maximum Gasteiger partial charge on any atom is 0.200 e. The van der Waals surface area contributed by atoms with E-state index >= 15 is 0 Å². The highest BCUT2D eigenvalue weighted by Gasteiger charge is 2.27. The molecule has 0 spiro atoms. The van der Waals surface area contributed by atoms with Gasteiger partial charge in [0.15, 0.2) is 40.7 Å². The molecular formula is C12H2F8. The lowest BCUT2D eigenvalue weighted by molar-refractivity contribution is 0.381. The summed E-state index contributed by atoms with van der Waals surface area (Å²) in [5.74, 6) is -17.1. The summed E-state index contributed by atoms with van der Waals surface area (Å²) in [4.78, 5) is 0. The Morgan fingerprint density at radius 2 is 0.800 bits per heavy atom. The molecular weight excluding hydrogens is 296 g/mol. The fourth-order valence-electron chi connectivity index (χ4n) is 1.56. The minimum Gasteiger partial charge on any atom is -0.204 e. The van der Waals surface area contributed by atoms with Crippen LogP contribution >= 0.6 is 0 Å². The van der Waals surface area contributed by atoms with Gasteiger partial charge in [0.1, 0.15) is 0 Å². The molecule has 20 heavy (non-hydrogen) atoms. The van der Waals surface area contributed by atoms with Crippen molar-refractivity contribution in [3.63, 3.8) is 0 Å². The molecule has 0 amide bonds. The molecule has 0 nitrogen and oxygen atoms in total. The number of hydrogen-bond acceptors (Lipinski definition) is 0. The normalized spacial score (nSPS) is 11.0. The van der Waals surface area contributed by atoms with Crippen molar-refractivity contribution in [1.82, 2.24) is 0 Å². The summed E-state index contributed by atoms with van der Waals surface area (Å²) in [5.41, 5.74) is -2.56. The average Bonchev–Trinajstić information content (AvgIpc) is 2.40. The third kappa shape index (κ3) is 2.00. The minimum absolute atomic E-state index is 0.122. The molecule has 0 N–H and O–H groups in total. The number of halogens is 8. The van der Waals surface area contributed by atoms with Crippen molar-refractivity contribution in [2.45, 2.75) is 0 Å². The Morgan fingerprint density at radius 1 is 0.450 bits per heavy atom. The Balaban J connectivity index is 2.83. The molecule has 8 heteroatoms. The van der Waals surface area contributed by atoms with Gasteiger partial charge in [-0.1, -0.05) is 0 Å². The molecule has 0 fully saturated rings. The molecule has 0 aliphatic heterocycles. The van der Waals surface area contributed by atoms with Crippen molar-refractivity contribution in [2.75, 3.05) is 0 Å². The zero-order chi connectivity index (χ0) is 15.2. The van der Waals surface area contributed by atoms with Crippen LogP contribution in [0, 0.1) is 46.5 Å². The summed E-state index contributed by atoms with van der Waals surface area (Å²) in [5, 5.41) is 0. The Hall–Kier alpha value is -2.12. The molecule has 0 saturated carbocycles. The molecule has 0 saturated heterocycles. The van der Waals surface area contributed by atoms with Crippen molar-refractivity contribution >= 4 is 0 Å². The Morgan fingerprint density at radius 3 is 1.20 bits per heavy atom. The van der Waals surface area contributed by atoms with Crippen molar-refractivity contribution in [2.24, 2.45) is 0 Å². The summed E-state index contributed by atoms with van der Waals surface area (Å²) in [7, 11) is 0. The first-order valence-electron chi connectivity index (χ1n) is 4.92. The van der Waals surface area contributed by atoms with E-state index in [0.29, 0.717) is 0 Å². The van der Waals surface area contributed by atoms with Gasteiger partial charge in [-0.25, -0.2) is 35.1 Å². The molecule has 0 radical (unpaired) electrons. The fourth-order valence-corrected chi connectivity index (χ4v) is 1.56. The predicted octanol–water partition coefficient (Wildman–Crippen LogP) is 4.47. The first-order valence-corrected chi connectivity index (χ1v) is 4.92. The van der Waals surface area contributed by atoms with E-state index in [-0.39, 0.29) is 12.1 Å². The molecule has 0 aliphatic rings. The number of rotatable bonds is 1. The fraction of sp³-hybridized carbons (Fsp3) is 0. The Labute approximate surface area is 106 Å². The summed E-state index contributed by atoms with van der Waals surface area (Å²) in [6.07, 6.45) is 0. The van der Waals surface area contributed by atoms with Crippen molar-refractivity contribution in [3.8, 4) is 11.1 Å². The molecule has 0 heterocycles. The zero-order valence-electron chi connectivity index (χ0n) is 9.18. The van der Waals surface area contributed by atoms with Crippen molar-refractivity contribution in [3.05, 3.63) is 58.7 Å². The van der Waals surface area contributed by atoms with Gasteiger partial charge >= 0.3 is 0 Å². The topological polar surface area (TPSA) is 0 Å². The van der Waals surface area contributed by atoms with Crippen LogP contribution in [0.5, 0.6) is 0 Å². The highest BCUT2D eigenvalue weighted by molar-refractivity contribution is 5.65. The van der Waals surface area contributed by atoms with E-state index in [1.54, 1.807) is 0 Å². The van der Waals surface area contributed by atoms with E-state index in [0.717, 1.165) is 0 Å². The van der Waals surface area contributed by atoms with Gasteiger partial charge in [-0.3, -0.25) is 0 Å². The van der Waals surface area contributed by atoms with Gasteiger partial charge in [-0.15, -0.1) is 0 Å². The van der Waals surface area contributed by atoms with Crippen LogP contribution in [0.2, 0.25) is 0 Å². The second kappa shape index (κ2) is 4.77. The maximum absolute atomic E-state index is 13.4. The SMILES string of the molecule is Fc1cc(-c2c(F)c(F)c(F)c(F)c2F)cc(F)c1F. The lowest BCUT2D eigenvalue weighted by Crippen LogP contribution is -2.05. The molecule has 2 aromatic carbocycles. The zero-order valence-corrected chi connectivity index (χ0v) is 9.18. The van der Waals surface area contributed by atoms with Crippen LogP contribution in [0.15, 0.2) is 12.1 Å². The highest BCUT2D eigenvalue weighted by Crippen LogP contribution is 2.32. The average molecular weight is 298 g/mol. The van der Waals surface area contributed by atoms with Crippen LogP contribution in [0.4, 0.5) is 35.1 Å². The molecule has 0 unspecified atom stereocenters. The van der Waals surface area contributed by atoms with Gasteiger partial charge in [0.2, 0.25) is 5.82 Å². The van der Waals surface area contributed by atoms with Crippen LogP contribution in [-0.4, -0.2) is 0 Å². The van der Waals surface area contributed by atoms with E-state index in [1.165, 1.54) is 0 Å². The van der Waals surface area contributed by atoms with E-state index < -0.39 is 57.7 Å². The molecule has 106 valence electrons. The third-order valence-electron chi connectivity index (χ3n) is 2.48. The first kappa shape index (κ1) is 14.3. The molecule has 0 aromatic heterocycles. The van der Waals surface area contributed by atoms with E-state index in [4.69, 9.17) is 0 Å². The molecule has 0 atom stereocenters. The summed E-state index contributed by atoms with van der Waals surface area (Å²) in [6.45, 7) is 0. The second-order valence-electron chi connectivity index (χ2n) is 3.70. The van der Waals surface area contributed by atoms with Gasteiger partial charge < -0.3 is 0 Å². The first-order chi connectivity index (χ1) is 9.25. The molecule has 2 rings (SSSR count).